The van der Waals surface area contributed by atoms with E-state index in [-0.39, 0.29) is 12.2 Å². The van der Waals surface area contributed by atoms with Crippen LogP contribution in [0.2, 0.25) is 0 Å². The number of hydrogen-bond donors (Lipinski definition) is 1. The van der Waals surface area contributed by atoms with Crippen molar-refractivity contribution in [2.75, 3.05) is 0 Å². The highest BCUT2D eigenvalue weighted by molar-refractivity contribution is 6.08. The number of hydrogen-bond acceptors (Lipinski definition) is 2. The van der Waals surface area contributed by atoms with Crippen LogP contribution in [0.5, 0.6) is 0 Å². The zero-order chi connectivity index (χ0) is 14.3. The summed E-state index contributed by atoms with van der Waals surface area (Å²) < 4.78 is 0. The van der Waals surface area contributed by atoms with Crippen LogP contribution in [0.25, 0.3) is 0 Å². The molecule has 0 aliphatic rings. The molecule has 1 atom stereocenters. The molecule has 104 valence electrons. The number of benzene rings is 1. The fourth-order valence-electron chi connectivity index (χ4n) is 2.43. The van der Waals surface area contributed by atoms with Crippen molar-refractivity contribution in [3.8, 4) is 0 Å². The number of ketones is 1. The normalized spacial score (nSPS) is 13.8. The molecule has 0 heterocycles. The molecule has 0 radical (unpaired) electrons. The molecule has 3 nitrogen and oxygen atoms in total. The molecule has 3 heteroatoms. The SMILES string of the molecule is CCCCCC(=O)C(CC)(C(=O)O)c1ccccc1. The first-order valence-corrected chi connectivity index (χ1v) is 6.91. The van der Waals surface area contributed by atoms with Gasteiger partial charge in [0, 0.05) is 6.42 Å². The van der Waals surface area contributed by atoms with E-state index in [1.54, 1.807) is 31.2 Å². The van der Waals surface area contributed by atoms with Gasteiger partial charge in [0.15, 0.2) is 11.2 Å². The lowest BCUT2D eigenvalue weighted by Gasteiger charge is -2.27. The van der Waals surface area contributed by atoms with Crippen molar-refractivity contribution in [1.29, 1.82) is 0 Å². The summed E-state index contributed by atoms with van der Waals surface area (Å²) in [6.07, 6.45) is 3.36. The molecule has 0 saturated carbocycles. The number of carboxylic acids is 1. The molecule has 1 aromatic rings. The van der Waals surface area contributed by atoms with E-state index in [1.165, 1.54) is 0 Å². The lowest BCUT2D eigenvalue weighted by molar-refractivity contribution is -0.149. The molecule has 1 aromatic carbocycles. The Morgan fingerprint density at radius 3 is 2.21 bits per heavy atom. The molecule has 19 heavy (non-hydrogen) atoms. The molecule has 0 saturated heterocycles. The maximum atomic E-state index is 12.4. The van der Waals surface area contributed by atoms with Crippen LogP contribution in [0.3, 0.4) is 0 Å². The molecular formula is C16H22O3. The number of carboxylic acid groups (broad SMARTS) is 1. The Balaban J connectivity index is 3.06. The highest BCUT2D eigenvalue weighted by Crippen LogP contribution is 2.31. The average Bonchev–Trinajstić information content (AvgIpc) is 2.41. The Bertz CT molecular complexity index is 425. The minimum absolute atomic E-state index is 0.179. The van der Waals surface area contributed by atoms with Gasteiger partial charge >= 0.3 is 5.97 Å². The van der Waals surface area contributed by atoms with Crippen LogP contribution in [0.4, 0.5) is 0 Å². The van der Waals surface area contributed by atoms with Crippen LogP contribution in [0, 0.1) is 0 Å². The Hall–Kier alpha value is -1.64. The van der Waals surface area contributed by atoms with Crippen LogP contribution in [-0.2, 0) is 15.0 Å². The Kier molecular flexibility index (Phi) is 5.74. The van der Waals surface area contributed by atoms with Gasteiger partial charge in [-0.25, -0.2) is 0 Å². The number of aliphatic carboxylic acids is 1. The van der Waals surface area contributed by atoms with E-state index in [9.17, 15) is 14.7 Å². The van der Waals surface area contributed by atoms with Crippen LogP contribution in [0.15, 0.2) is 30.3 Å². The topological polar surface area (TPSA) is 54.4 Å². The molecule has 0 aliphatic carbocycles. The highest BCUT2D eigenvalue weighted by Gasteiger charge is 2.45. The van der Waals surface area contributed by atoms with Crippen LogP contribution in [-0.4, -0.2) is 16.9 Å². The van der Waals surface area contributed by atoms with Crippen LogP contribution in [0.1, 0.15) is 51.5 Å². The summed E-state index contributed by atoms with van der Waals surface area (Å²) in [4.78, 5) is 24.1. The molecule has 1 rings (SSSR count). The Labute approximate surface area is 114 Å². The van der Waals surface area contributed by atoms with Gasteiger partial charge in [0.1, 0.15) is 0 Å². The maximum Gasteiger partial charge on any atom is 0.321 e. The van der Waals surface area contributed by atoms with Gasteiger partial charge in [-0.1, -0.05) is 57.0 Å². The van der Waals surface area contributed by atoms with Crippen molar-refractivity contribution >= 4 is 11.8 Å². The smallest absolute Gasteiger partial charge is 0.321 e. The monoisotopic (exact) mass is 262 g/mol. The molecule has 0 bridgehead atoms. The number of rotatable bonds is 8. The van der Waals surface area contributed by atoms with Gasteiger partial charge in [-0.15, -0.1) is 0 Å². The van der Waals surface area contributed by atoms with E-state index in [2.05, 4.69) is 6.92 Å². The largest absolute Gasteiger partial charge is 0.480 e. The standard InChI is InChI=1S/C16H22O3/c1-3-5-7-12-14(17)16(4-2,15(18)19)13-10-8-6-9-11-13/h6,8-11H,3-5,7,12H2,1-2H3,(H,18,19). The van der Waals surface area contributed by atoms with Gasteiger partial charge in [0.25, 0.3) is 0 Å². The third kappa shape index (κ3) is 3.22. The summed E-state index contributed by atoms with van der Waals surface area (Å²) in [5, 5.41) is 9.58. The fourth-order valence-corrected chi connectivity index (χ4v) is 2.43. The van der Waals surface area contributed by atoms with Crippen molar-refractivity contribution in [3.63, 3.8) is 0 Å². The van der Waals surface area contributed by atoms with E-state index in [4.69, 9.17) is 0 Å². The number of carbonyl (C=O) groups is 2. The summed E-state index contributed by atoms with van der Waals surface area (Å²) in [6.45, 7) is 3.82. The average molecular weight is 262 g/mol. The van der Waals surface area contributed by atoms with Crippen LogP contribution < -0.4 is 0 Å². The predicted octanol–water partition coefficient (Wildman–Crippen LogP) is 3.57. The fraction of sp³-hybridized carbons (Fsp3) is 0.500. The molecule has 0 aliphatic heterocycles. The second-order valence-electron chi connectivity index (χ2n) is 4.81. The quantitative estimate of drug-likeness (QED) is 0.575. The van der Waals surface area contributed by atoms with Gasteiger partial charge in [0.05, 0.1) is 0 Å². The van der Waals surface area contributed by atoms with Crippen molar-refractivity contribution in [2.24, 2.45) is 0 Å². The number of Topliss-reactive ketones (excluding diaryl/α,β-unsaturated/α-hetero) is 1. The number of unbranched alkanes of at least 4 members (excludes halogenated alkanes) is 2. The second-order valence-corrected chi connectivity index (χ2v) is 4.81. The maximum absolute atomic E-state index is 12.4. The predicted molar refractivity (Wildman–Crippen MR) is 75.2 cm³/mol. The summed E-state index contributed by atoms with van der Waals surface area (Å²) >= 11 is 0. The summed E-state index contributed by atoms with van der Waals surface area (Å²) in [5.41, 5.74) is -0.791. The van der Waals surface area contributed by atoms with E-state index in [1.807, 2.05) is 6.07 Å². The third-order valence-electron chi connectivity index (χ3n) is 3.65. The van der Waals surface area contributed by atoms with Gasteiger partial charge < -0.3 is 5.11 Å². The Morgan fingerprint density at radius 2 is 1.74 bits per heavy atom. The molecule has 1 N–H and O–H groups in total. The number of carbonyl (C=O) groups excluding carboxylic acids is 1. The zero-order valence-corrected chi connectivity index (χ0v) is 11.7. The molecule has 0 aromatic heterocycles. The first-order valence-electron chi connectivity index (χ1n) is 6.91. The van der Waals surface area contributed by atoms with E-state index in [0.717, 1.165) is 19.3 Å². The van der Waals surface area contributed by atoms with E-state index in [0.29, 0.717) is 12.0 Å². The molecule has 1 unspecified atom stereocenters. The van der Waals surface area contributed by atoms with Crippen molar-refractivity contribution in [2.45, 2.75) is 51.4 Å². The van der Waals surface area contributed by atoms with Crippen molar-refractivity contribution in [1.82, 2.24) is 0 Å². The minimum Gasteiger partial charge on any atom is -0.480 e. The second kappa shape index (κ2) is 7.07. The zero-order valence-electron chi connectivity index (χ0n) is 11.7. The van der Waals surface area contributed by atoms with E-state index < -0.39 is 11.4 Å². The molecule has 0 fully saturated rings. The van der Waals surface area contributed by atoms with Crippen LogP contribution >= 0.6 is 0 Å². The summed E-state index contributed by atoms with van der Waals surface area (Å²) in [5.74, 6) is -1.22. The first-order chi connectivity index (χ1) is 9.09. The lowest BCUT2D eigenvalue weighted by atomic mass is 9.73. The summed E-state index contributed by atoms with van der Waals surface area (Å²) in [6, 6.07) is 8.85. The lowest BCUT2D eigenvalue weighted by Crippen LogP contribution is -2.43. The van der Waals surface area contributed by atoms with Gasteiger partial charge in [-0.05, 0) is 18.4 Å². The van der Waals surface area contributed by atoms with Gasteiger partial charge in [-0.3, -0.25) is 9.59 Å². The highest BCUT2D eigenvalue weighted by atomic mass is 16.4. The molecular weight excluding hydrogens is 240 g/mol. The van der Waals surface area contributed by atoms with Gasteiger partial charge in [-0.2, -0.15) is 0 Å². The summed E-state index contributed by atoms with van der Waals surface area (Å²) in [7, 11) is 0. The van der Waals surface area contributed by atoms with E-state index >= 15 is 0 Å². The van der Waals surface area contributed by atoms with Crippen molar-refractivity contribution < 1.29 is 14.7 Å². The Morgan fingerprint density at radius 1 is 1.11 bits per heavy atom. The molecule has 0 amide bonds. The van der Waals surface area contributed by atoms with Crippen molar-refractivity contribution in [3.05, 3.63) is 35.9 Å². The van der Waals surface area contributed by atoms with Gasteiger partial charge in [0.2, 0.25) is 0 Å². The first kappa shape index (κ1) is 15.4. The minimum atomic E-state index is -1.38. The third-order valence-corrected chi connectivity index (χ3v) is 3.65. The molecule has 0 spiro atoms.